The molecule has 0 saturated carbocycles. The van der Waals surface area contributed by atoms with E-state index in [1.807, 2.05) is 38.1 Å². The topological polar surface area (TPSA) is 125 Å². The van der Waals surface area contributed by atoms with Gasteiger partial charge in [-0.3, -0.25) is 14.4 Å². The molecule has 1 aromatic heterocycles. The second kappa shape index (κ2) is 9.34. The lowest BCUT2D eigenvalue weighted by molar-refractivity contribution is -0.139. The van der Waals surface area contributed by atoms with Crippen LogP contribution in [0.1, 0.15) is 32.3 Å². The zero-order valence-electron chi connectivity index (χ0n) is 13.8. The van der Waals surface area contributed by atoms with Crippen molar-refractivity contribution in [1.82, 2.24) is 10.3 Å². The average molecular weight is 333 g/mol. The Kier molecular flexibility index (Phi) is 7.48. The van der Waals surface area contributed by atoms with Crippen molar-refractivity contribution < 1.29 is 19.5 Å². The largest absolute Gasteiger partial charge is 0.481 e. The second-order valence-electron chi connectivity index (χ2n) is 4.98. The van der Waals surface area contributed by atoms with Gasteiger partial charge in [0.1, 0.15) is 6.04 Å². The molecule has 0 spiro atoms. The highest BCUT2D eigenvalue weighted by atomic mass is 16.4. The molecule has 2 aromatic rings. The van der Waals surface area contributed by atoms with Crippen molar-refractivity contribution >= 4 is 28.7 Å². The molecule has 0 radical (unpaired) electrons. The molecule has 5 N–H and O–H groups in total. The Hall–Kier alpha value is -2.83. The van der Waals surface area contributed by atoms with Crippen molar-refractivity contribution in [2.24, 2.45) is 5.73 Å². The molecule has 0 aliphatic carbocycles. The van der Waals surface area contributed by atoms with Crippen molar-refractivity contribution in [3.63, 3.8) is 0 Å². The predicted molar refractivity (Wildman–Crippen MR) is 91.3 cm³/mol. The minimum Gasteiger partial charge on any atom is -0.481 e. The number of nitrogens with two attached hydrogens (primary N) is 1. The molecular weight excluding hydrogens is 310 g/mol. The molecule has 1 unspecified atom stereocenters. The number of aromatic amines is 1. The smallest absolute Gasteiger partial charge is 0.303 e. The van der Waals surface area contributed by atoms with Gasteiger partial charge in [-0.2, -0.15) is 0 Å². The number of aliphatic carboxylic acids is 1. The number of nitrogens with one attached hydrogen (secondary N) is 2. The summed E-state index contributed by atoms with van der Waals surface area (Å²) in [5, 5.41) is 12.0. The normalized spacial score (nSPS) is 11.2. The molecule has 24 heavy (non-hydrogen) atoms. The number of carbonyl (C=O) groups excluding carboxylic acids is 2. The van der Waals surface area contributed by atoms with Crippen LogP contribution in [0.5, 0.6) is 0 Å². The molecule has 0 aliphatic heterocycles. The first kappa shape index (κ1) is 19.2. The third-order valence-corrected chi connectivity index (χ3v) is 3.34. The summed E-state index contributed by atoms with van der Waals surface area (Å²) in [6.45, 7) is 4.00. The molecular formula is C17H23N3O4. The zero-order chi connectivity index (χ0) is 18.1. The lowest BCUT2D eigenvalue weighted by atomic mass is 10.0. The minimum absolute atomic E-state index is 0.188. The number of carbonyl (C=O) groups is 3. The number of fused-ring (bicyclic) bond motifs is 1. The molecule has 0 fully saturated rings. The Bertz CT molecular complexity index is 709. The van der Waals surface area contributed by atoms with Crippen molar-refractivity contribution in [2.75, 3.05) is 0 Å². The number of primary amides is 1. The highest BCUT2D eigenvalue weighted by molar-refractivity contribution is 5.89. The van der Waals surface area contributed by atoms with E-state index < -0.39 is 23.8 Å². The summed E-state index contributed by atoms with van der Waals surface area (Å²) >= 11 is 0. The predicted octanol–water partition coefficient (Wildman–Crippen LogP) is 1.57. The molecule has 0 saturated heterocycles. The third kappa shape index (κ3) is 5.42. The van der Waals surface area contributed by atoms with Gasteiger partial charge >= 0.3 is 5.97 Å². The Labute approximate surface area is 140 Å². The zero-order valence-corrected chi connectivity index (χ0v) is 13.8. The Morgan fingerprint density at radius 2 is 1.88 bits per heavy atom. The second-order valence-corrected chi connectivity index (χ2v) is 4.98. The quantitative estimate of drug-likeness (QED) is 0.613. The number of carboxylic acids is 1. The van der Waals surface area contributed by atoms with Gasteiger partial charge in [-0.25, -0.2) is 0 Å². The van der Waals surface area contributed by atoms with Crippen LogP contribution in [0.3, 0.4) is 0 Å². The van der Waals surface area contributed by atoms with E-state index >= 15 is 0 Å². The van der Waals surface area contributed by atoms with Gasteiger partial charge in [-0.15, -0.1) is 0 Å². The van der Waals surface area contributed by atoms with E-state index in [1.165, 1.54) is 0 Å². The summed E-state index contributed by atoms with van der Waals surface area (Å²) in [7, 11) is 0. The molecule has 2 rings (SSSR count). The fourth-order valence-corrected chi connectivity index (χ4v) is 2.23. The van der Waals surface area contributed by atoms with Crippen LogP contribution < -0.4 is 11.1 Å². The lowest BCUT2D eigenvalue weighted by Crippen LogP contribution is -2.45. The number of hydrogen-bond acceptors (Lipinski definition) is 3. The number of amides is 2. The van der Waals surface area contributed by atoms with E-state index in [-0.39, 0.29) is 19.3 Å². The summed E-state index contributed by atoms with van der Waals surface area (Å²) in [6.07, 6.45) is 1.54. The van der Waals surface area contributed by atoms with E-state index in [0.29, 0.717) is 0 Å². The standard InChI is InChI=1S/C15H17N3O4.C2H6/c16-15(22)12(18-13(19)5-6-14(20)21)7-9-8-17-11-4-2-1-3-10(9)11;1-2/h1-4,8,12,17H,5-7H2,(H2,16,22)(H,18,19)(H,20,21);1-2H3. The summed E-state index contributed by atoms with van der Waals surface area (Å²) in [4.78, 5) is 36.7. The van der Waals surface area contributed by atoms with Crippen molar-refractivity contribution in [2.45, 2.75) is 39.2 Å². The summed E-state index contributed by atoms with van der Waals surface area (Å²) in [5.41, 5.74) is 7.11. The van der Waals surface area contributed by atoms with Gasteiger partial charge in [0.05, 0.1) is 6.42 Å². The van der Waals surface area contributed by atoms with E-state index in [2.05, 4.69) is 10.3 Å². The van der Waals surface area contributed by atoms with E-state index in [0.717, 1.165) is 16.5 Å². The highest BCUT2D eigenvalue weighted by Crippen LogP contribution is 2.19. The number of aromatic nitrogens is 1. The molecule has 1 atom stereocenters. The van der Waals surface area contributed by atoms with Gasteiger partial charge in [-0.1, -0.05) is 32.0 Å². The maximum absolute atomic E-state index is 11.7. The van der Waals surface area contributed by atoms with Crippen LogP contribution in [-0.4, -0.2) is 33.9 Å². The Morgan fingerprint density at radius 1 is 1.21 bits per heavy atom. The first-order valence-corrected chi connectivity index (χ1v) is 7.83. The molecule has 0 bridgehead atoms. The Balaban J connectivity index is 0.00000139. The molecule has 7 nitrogen and oxygen atoms in total. The fourth-order valence-electron chi connectivity index (χ4n) is 2.23. The third-order valence-electron chi connectivity index (χ3n) is 3.34. The van der Waals surface area contributed by atoms with Crippen LogP contribution in [0.4, 0.5) is 0 Å². The molecule has 1 heterocycles. The van der Waals surface area contributed by atoms with Gasteiger partial charge in [0.25, 0.3) is 0 Å². The van der Waals surface area contributed by atoms with Crippen LogP contribution in [-0.2, 0) is 20.8 Å². The van der Waals surface area contributed by atoms with Gasteiger partial charge in [-0.05, 0) is 11.6 Å². The first-order valence-electron chi connectivity index (χ1n) is 7.83. The highest BCUT2D eigenvalue weighted by Gasteiger charge is 2.20. The Morgan fingerprint density at radius 3 is 2.50 bits per heavy atom. The minimum atomic E-state index is -1.07. The SMILES string of the molecule is CC.NC(=O)C(Cc1c[nH]c2ccccc12)NC(=O)CCC(=O)O. The summed E-state index contributed by atoms with van der Waals surface area (Å²) in [5.74, 6) is -2.23. The number of carboxylic acid groups (broad SMARTS) is 1. The van der Waals surface area contributed by atoms with Crippen LogP contribution in [0, 0.1) is 0 Å². The molecule has 1 aromatic carbocycles. The maximum Gasteiger partial charge on any atom is 0.303 e. The number of hydrogen-bond donors (Lipinski definition) is 4. The summed E-state index contributed by atoms with van der Waals surface area (Å²) in [6, 6.07) is 6.71. The van der Waals surface area contributed by atoms with Crippen LogP contribution >= 0.6 is 0 Å². The van der Waals surface area contributed by atoms with Crippen LogP contribution in [0.25, 0.3) is 10.9 Å². The lowest BCUT2D eigenvalue weighted by Gasteiger charge is -2.15. The number of H-pyrrole nitrogens is 1. The van der Waals surface area contributed by atoms with Gasteiger partial charge in [0, 0.05) is 29.9 Å². The van der Waals surface area contributed by atoms with Gasteiger partial charge in [0.2, 0.25) is 11.8 Å². The first-order chi connectivity index (χ1) is 11.5. The fraction of sp³-hybridized carbons (Fsp3) is 0.353. The van der Waals surface area contributed by atoms with E-state index in [1.54, 1.807) is 6.20 Å². The molecule has 0 aliphatic rings. The van der Waals surface area contributed by atoms with Crippen molar-refractivity contribution in [3.8, 4) is 0 Å². The maximum atomic E-state index is 11.7. The van der Waals surface area contributed by atoms with Crippen LogP contribution in [0.2, 0.25) is 0 Å². The monoisotopic (exact) mass is 333 g/mol. The van der Waals surface area contributed by atoms with Crippen molar-refractivity contribution in [1.29, 1.82) is 0 Å². The van der Waals surface area contributed by atoms with Crippen LogP contribution in [0.15, 0.2) is 30.5 Å². The van der Waals surface area contributed by atoms with E-state index in [4.69, 9.17) is 10.8 Å². The summed E-state index contributed by atoms with van der Waals surface area (Å²) < 4.78 is 0. The number of rotatable bonds is 7. The molecule has 130 valence electrons. The number of para-hydroxylation sites is 1. The van der Waals surface area contributed by atoms with E-state index in [9.17, 15) is 14.4 Å². The molecule has 7 heteroatoms. The van der Waals surface area contributed by atoms with Gasteiger partial charge < -0.3 is 21.1 Å². The number of benzene rings is 1. The van der Waals surface area contributed by atoms with Crippen molar-refractivity contribution in [3.05, 3.63) is 36.0 Å². The molecule has 2 amide bonds. The van der Waals surface area contributed by atoms with Gasteiger partial charge in [0.15, 0.2) is 0 Å². The average Bonchev–Trinajstić information content (AvgIpc) is 2.97.